The monoisotopic (exact) mass is 217 g/mol. The van der Waals surface area contributed by atoms with Gasteiger partial charge in [-0.15, -0.1) is 0 Å². The van der Waals surface area contributed by atoms with E-state index in [2.05, 4.69) is 10.3 Å². The van der Waals surface area contributed by atoms with Gasteiger partial charge >= 0.3 is 0 Å². The Labute approximate surface area is 95.3 Å². The standard InChI is InChI=1S/C12H15N3O/c1-9(2)15-12(16)10(8-13)7-11-5-3-4-6-14-11/h3-6,9-10H,7H2,1-2H3,(H,15,16). The lowest BCUT2D eigenvalue weighted by molar-refractivity contribution is -0.123. The van der Waals surface area contributed by atoms with Crippen molar-refractivity contribution < 1.29 is 4.79 Å². The highest BCUT2D eigenvalue weighted by Gasteiger charge is 2.19. The summed E-state index contributed by atoms with van der Waals surface area (Å²) in [5, 5.41) is 11.7. The van der Waals surface area contributed by atoms with Crippen LogP contribution in [0.2, 0.25) is 0 Å². The molecule has 0 saturated heterocycles. The summed E-state index contributed by atoms with van der Waals surface area (Å²) in [6.07, 6.45) is 2.01. The number of amides is 1. The third-order valence-electron chi connectivity index (χ3n) is 2.04. The molecule has 1 heterocycles. The molecule has 1 aromatic rings. The number of hydrogen-bond donors (Lipinski definition) is 1. The summed E-state index contributed by atoms with van der Waals surface area (Å²) >= 11 is 0. The van der Waals surface area contributed by atoms with Crippen LogP contribution in [-0.2, 0) is 11.2 Å². The molecule has 1 unspecified atom stereocenters. The van der Waals surface area contributed by atoms with E-state index in [0.29, 0.717) is 6.42 Å². The molecule has 1 N–H and O–H groups in total. The molecule has 4 heteroatoms. The van der Waals surface area contributed by atoms with Crippen LogP contribution >= 0.6 is 0 Å². The van der Waals surface area contributed by atoms with E-state index in [1.54, 1.807) is 12.3 Å². The number of carbonyl (C=O) groups excluding carboxylic acids is 1. The Bertz CT molecular complexity index is 381. The van der Waals surface area contributed by atoms with Crippen molar-refractivity contribution in [1.82, 2.24) is 10.3 Å². The van der Waals surface area contributed by atoms with Crippen LogP contribution in [0.4, 0.5) is 0 Å². The highest BCUT2D eigenvalue weighted by Crippen LogP contribution is 2.05. The number of pyridine rings is 1. The smallest absolute Gasteiger partial charge is 0.237 e. The van der Waals surface area contributed by atoms with Crippen LogP contribution in [0, 0.1) is 17.2 Å². The molecule has 0 fully saturated rings. The Kier molecular flexibility index (Phi) is 4.46. The van der Waals surface area contributed by atoms with Gasteiger partial charge in [-0.1, -0.05) is 6.07 Å². The summed E-state index contributed by atoms with van der Waals surface area (Å²) in [6.45, 7) is 3.74. The maximum Gasteiger partial charge on any atom is 0.237 e. The first-order valence-electron chi connectivity index (χ1n) is 5.23. The number of aromatic nitrogens is 1. The zero-order valence-corrected chi connectivity index (χ0v) is 9.47. The molecular formula is C12H15N3O. The Morgan fingerprint density at radius 2 is 2.31 bits per heavy atom. The average molecular weight is 217 g/mol. The molecule has 1 aromatic heterocycles. The van der Waals surface area contributed by atoms with Gasteiger partial charge in [0.05, 0.1) is 6.07 Å². The lowest BCUT2D eigenvalue weighted by Crippen LogP contribution is -2.36. The topological polar surface area (TPSA) is 65.8 Å². The Hall–Kier alpha value is -1.89. The van der Waals surface area contributed by atoms with Crippen molar-refractivity contribution in [1.29, 1.82) is 5.26 Å². The molecule has 1 atom stereocenters. The maximum absolute atomic E-state index is 11.6. The highest BCUT2D eigenvalue weighted by molar-refractivity contribution is 5.81. The molecule has 0 radical (unpaired) electrons. The lowest BCUT2D eigenvalue weighted by Gasteiger charge is -2.12. The van der Waals surface area contributed by atoms with Crippen LogP contribution in [0.25, 0.3) is 0 Å². The molecule has 0 spiro atoms. The fraction of sp³-hybridized carbons (Fsp3) is 0.417. The summed E-state index contributed by atoms with van der Waals surface area (Å²) in [7, 11) is 0. The summed E-state index contributed by atoms with van der Waals surface area (Å²) in [6, 6.07) is 7.51. The van der Waals surface area contributed by atoms with E-state index in [1.807, 2.05) is 32.0 Å². The summed E-state index contributed by atoms with van der Waals surface area (Å²) in [5.74, 6) is -0.902. The zero-order valence-electron chi connectivity index (χ0n) is 9.47. The number of rotatable bonds is 4. The summed E-state index contributed by atoms with van der Waals surface area (Å²) in [4.78, 5) is 15.7. The molecule has 4 nitrogen and oxygen atoms in total. The van der Waals surface area contributed by atoms with Crippen LogP contribution < -0.4 is 5.32 Å². The predicted molar refractivity (Wildman–Crippen MR) is 60.3 cm³/mol. The van der Waals surface area contributed by atoms with Gasteiger partial charge < -0.3 is 5.32 Å². The van der Waals surface area contributed by atoms with Crippen LogP contribution in [0.15, 0.2) is 24.4 Å². The molecule has 0 saturated carbocycles. The Morgan fingerprint density at radius 3 is 2.81 bits per heavy atom. The van der Waals surface area contributed by atoms with E-state index in [1.165, 1.54) is 0 Å². The fourth-order valence-electron chi connectivity index (χ4n) is 1.31. The van der Waals surface area contributed by atoms with E-state index in [9.17, 15) is 4.79 Å². The molecule has 0 bridgehead atoms. The van der Waals surface area contributed by atoms with Crippen molar-refractivity contribution >= 4 is 5.91 Å². The normalized spacial score (nSPS) is 11.9. The van der Waals surface area contributed by atoms with E-state index < -0.39 is 5.92 Å². The van der Waals surface area contributed by atoms with Gasteiger partial charge in [-0.05, 0) is 26.0 Å². The molecule has 1 rings (SSSR count). The number of nitrogens with one attached hydrogen (secondary N) is 1. The molecule has 84 valence electrons. The van der Waals surface area contributed by atoms with E-state index in [-0.39, 0.29) is 11.9 Å². The quantitative estimate of drug-likeness (QED) is 0.826. The van der Waals surface area contributed by atoms with Crippen molar-refractivity contribution in [3.8, 4) is 6.07 Å². The van der Waals surface area contributed by atoms with Crippen LogP contribution in [-0.4, -0.2) is 16.9 Å². The molecule has 1 amide bonds. The van der Waals surface area contributed by atoms with Crippen LogP contribution in [0.1, 0.15) is 19.5 Å². The van der Waals surface area contributed by atoms with Gasteiger partial charge in [0.15, 0.2) is 0 Å². The second kappa shape index (κ2) is 5.86. The first kappa shape index (κ1) is 12.2. The van der Waals surface area contributed by atoms with Gasteiger partial charge in [0.25, 0.3) is 0 Å². The third-order valence-corrected chi connectivity index (χ3v) is 2.04. The van der Waals surface area contributed by atoms with E-state index in [4.69, 9.17) is 5.26 Å². The molecule has 16 heavy (non-hydrogen) atoms. The first-order chi connectivity index (χ1) is 7.63. The van der Waals surface area contributed by atoms with Crippen molar-refractivity contribution in [3.05, 3.63) is 30.1 Å². The predicted octanol–water partition coefficient (Wildman–Crippen LogP) is 1.29. The minimum Gasteiger partial charge on any atom is -0.353 e. The second-order valence-corrected chi connectivity index (χ2v) is 3.87. The lowest BCUT2D eigenvalue weighted by atomic mass is 10.0. The molecule has 0 aliphatic carbocycles. The van der Waals surface area contributed by atoms with Crippen molar-refractivity contribution in [2.75, 3.05) is 0 Å². The van der Waals surface area contributed by atoms with Gasteiger partial charge in [0, 0.05) is 24.4 Å². The van der Waals surface area contributed by atoms with Crippen LogP contribution in [0.5, 0.6) is 0 Å². The molecule has 0 aliphatic heterocycles. The molecule has 0 aliphatic rings. The average Bonchev–Trinajstić information content (AvgIpc) is 2.26. The Morgan fingerprint density at radius 1 is 1.56 bits per heavy atom. The molecule has 0 aromatic carbocycles. The number of hydrogen-bond acceptors (Lipinski definition) is 3. The highest BCUT2D eigenvalue weighted by atomic mass is 16.1. The second-order valence-electron chi connectivity index (χ2n) is 3.87. The van der Waals surface area contributed by atoms with Gasteiger partial charge in [0.1, 0.15) is 5.92 Å². The van der Waals surface area contributed by atoms with Gasteiger partial charge in [-0.3, -0.25) is 9.78 Å². The fourth-order valence-corrected chi connectivity index (χ4v) is 1.31. The van der Waals surface area contributed by atoms with Crippen molar-refractivity contribution in [2.24, 2.45) is 5.92 Å². The van der Waals surface area contributed by atoms with Gasteiger partial charge in [-0.25, -0.2) is 0 Å². The van der Waals surface area contributed by atoms with Gasteiger partial charge in [-0.2, -0.15) is 5.26 Å². The van der Waals surface area contributed by atoms with E-state index >= 15 is 0 Å². The first-order valence-corrected chi connectivity index (χ1v) is 5.23. The van der Waals surface area contributed by atoms with Crippen molar-refractivity contribution in [3.63, 3.8) is 0 Å². The van der Waals surface area contributed by atoms with Gasteiger partial charge in [0.2, 0.25) is 5.91 Å². The third kappa shape index (κ3) is 3.70. The summed E-state index contributed by atoms with van der Waals surface area (Å²) < 4.78 is 0. The largest absolute Gasteiger partial charge is 0.353 e. The Balaban J connectivity index is 2.63. The maximum atomic E-state index is 11.6. The number of carbonyl (C=O) groups is 1. The van der Waals surface area contributed by atoms with Crippen molar-refractivity contribution in [2.45, 2.75) is 26.3 Å². The minimum absolute atomic E-state index is 0.0482. The van der Waals surface area contributed by atoms with E-state index in [0.717, 1.165) is 5.69 Å². The minimum atomic E-state index is -0.669. The number of nitrogens with zero attached hydrogens (tertiary/aromatic N) is 2. The SMILES string of the molecule is CC(C)NC(=O)C(C#N)Cc1ccccn1. The zero-order chi connectivity index (χ0) is 12.0. The number of nitriles is 1. The summed E-state index contributed by atoms with van der Waals surface area (Å²) in [5.41, 5.74) is 0.757. The van der Waals surface area contributed by atoms with Crippen LogP contribution in [0.3, 0.4) is 0 Å². The molecular weight excluding hydrogens is 202 g/mol.